The smallest absolute Gasteiger partial charge is 0.119 e. The van der Waals surface area contributed by atoms with Crippen molar-refractivity contribution in [3.8, 4) is 5.75 Å². The van der Waals surface area contributed by atoms with Crippen LogP contribution in [0.4, 0.5) is 0 Å². The molecule has 1 aromatic carbocycles. The molecule has 1 aromatic rings. The summed E-state index contributed by atoms with van der Waals surface area (Å²) in [6.45, 7) is 2.54. The minimum absolute atomic E-state index is 0.247. The van der Waals surface area contributed by atoms with E-state index in [-0.39, 0.29) is 6.04 Å². The molecular formula is C14H22N2O2. The number of piperidine rings is 1. The molecule has 1 unspecified atom stereocenters. The minimum Gasteiger partial charge on any atom is -0.497 e. The SMILES string of the molecule is COc1cccc(C(O)CN2CCC[C@@H](N)C2)c1. The van der Waals surface area contributed by atoms with Gasteiger partial charge in [-0.3, -0.25) is 4.90 Å². The summed E-state index contributed by atoms with van der Waals surface area (Å²) in [5.41, 5.74) is 6.84. The molecule has 0 bridgehead atoms. The number of hydrogen-bond donors (Lipinski definition) is 2. The van der Waals surface area contributed by atoms with Gasteiger partial charge in [0.1, 0.15) is 5.75 Å². The number of likely N-dealkylation sites (tertiary alicyclic amines) is 1. The van der Waals surface area contributed by atoms with Gasteiger partial charge in [0.15, 0.2) is 0 Å². The molecule has 2 rings (SSSR count). The Balaban J connectivity index is 1.95. The summed E-state index contributed by atoms with van der Waals surface area (Å²) in [6, 6.07) is 7.84. The first-order valence-corrected chi connectivity index (χ1v) is 6.49. The molecule has 4 heteroatoms. The molecule has 2 atom stereocenters. The lowest BCUT2D eigenvalue weighted by molar-refractivity contribution is 0.0960. The Kier molecular flexibility index (Phi) is 4.58. The summed E-state index contributed by atoms with van der Waals surface area (Å²) in [4.78, 5) is 2.23. The van der Waals surface area contributed by atoms with Gasteiger partial charge in [0.05, 0.1) is 13.2 Å². The Hall–Kier alpha value is -1.10. The molecule has 1 aliphatic heterocycles. The molecule has 18 heavy (non-hydrogen) atoms. The average Bonchev–Trinajstić information content (AvgIpc) is 2.39. The Bertz CT molecular complexity index is 384. The van der Waals surface area contributed by atoms with Gasteiger partial charge in [-0.2, -0.15) is 0 Å². The predicted molar refractivity (Wildman–Crippen MR) is 71.6 cm³/mol. The highest BCUT2D eigenvalue weighted by Crippen LogP contribution is 2.21. The second-order valence-corrected chi connectivity index (χ2v) is 4.95. The first-order valence-electron chi connectivity index (χ1n) is 6.49. The lowest BCUT2D eigenvalue weighted by Crippen LogP contribution is -2.44. The fourth-order valence-corrected chi connectivity index (χ4v) is 2.46. The number of β-amino-alcohol motifs (C(OH)–C–C–N with tert-alkyl or cyclic N) is 1. The second kappa shape index (κ2) is 6.18. The van der Waals surface area contributed by atoms with E-state index in [2.05, 4.69) is 4.90 Å². The summed E-state index contributed by atoms with van der Waals surface area (Å²) in [7, 11) is 1.63. The van der Waals surface area contributed by atoms with E-state index in [9.17, 15) is 5.11 Å². The topological polar surface area (TPSA) is 58.7 Å². The largest absolute Gasteiger partial charge is 0.497 e. The molecule has 0 amide bonds. The molecule has 0 aromatic heterocycles. The van der Waals surface area contributed by atoms with Crippen molar-refractivity contribution < 1.29 is 9.84 Å². The zero-order chi connectivity index (χ0) is 13.0. The highest BCUT2D eigenvalue weighted by Gasteiger charge is 2.20. The van der Waals surface area contributed by atoms with Crippen LogP contribution in [0.1, 0.15) is 24.5 Å². The highest BCUT2D eigenvalue weighted by molar-refractivity contribution is 5.29. The molecule has 0 aliphatic carbocycles. The van der Waals surface area contributed by atoms with Gasteiger partial charge in [0.25, 0.3) is 0 Å². The Morgan fingerprint density at radius 1 is 1.56 bits per heavy atom. The molecule has 100 valence electrons. The summed E-state index contributed by atoms with van der Waals surface area (Å²) >= 11 is 0. The van der Waals surface area contributed by atoms with Crippen LogP contribution in [0.25, 0.3) is 0 Å². The van der Waals surface area contributed by atoms with Crippen molar-refractivity contribution in [2.75, 3.05) is 26.7 Å². The summed E-state index contributed by atoms with van der Waals surface area (Å²) in [5.74, 6) is 0.780. The maximum atomic E-state index is 10.2. The average molecular weight is 250 g/mol. The molecule has 1 fully saturated rings. The number of nitrogens with zero attached hydrogens (tertiary/aromatic N) is 1. The summed E-state index contributed by atoms with van der Waals surface area (Å²) in [6.07, 6.45) is 1.72. The van der Waals surface area contributed by atoms with E-state index >= 15 is 0 Å². The number of benzene rings is 1. The quantitative estimate of drug-likeness (QED) is 0.841. The van der Waals surface area contributed by atoms with Crippen LogP contribution in [0, 0.1) is 0 Å². The Labute approximate surface area is 108 Å². The maximum Gasteiger partial charge on any atom is 0.119 e. The van der Waals surface area contributed by atoms with Gasteiger partial charge in [-0.05, 0) is 37.1 Å². The number of ether oxygens (including phenoxy) is 1. The number of hydrogen-bond acceptors (Lipinski definition) is 4. The molecule has 0 radical (unpaired) electrons. The lowest BCUT2D eigenvalue weighted by atomic mass is 10.0. The molecule has 0 saturated carbocycles. The number of nitrogens with two attached hydrogens (primary N) is 1. The van der Waals surface area contributed by atoms with Crippen molar-refractivity contribution in [1.29, 1.82) is 0 Å². The molecule has 4 nitrogen and oxygen atoms in total. The monoisotopic (exact) mass is 250 g/mol. The van der Waals surface area contributed by atoms with Gasteiger partial charge in [0.2, 0.25) is 0 Å². The first kappa shape index (κ1) is 13.3. The van der Waals surface area contributed by atoms with Crippen molar-refractivity contribution in [2.45, 2.75) is 25.0 Å². The van der Waals surface area contributed by atoms with Gasteiger partial charge < -0.3 is 15.6 Å². The molecule has 3 N–H and O–H groups in total. The van der Waals surface area contributed by atoms with Crippen LogP contribution in [-0.2, 0) is 0 Å². The number of methoxy groups -OCH3 is 1. The minimum atomic E-state index is -0.481. The Morgan fingerprint density at radius 3 is 3.11 bits per heavy atom. The Morgan fingerprint density at radius 2 is 2.39 bits per heavy atom. The van der Waals surface area contributed by atoms with E-state index in [4.69, 9.17) is 10.5 Å². The number of aliphatic hydroxyl groups is 1. The molecule has 0 spiro atoms. The summed E-state index contributed by atoms with van der Waals surface area (Å²) in [5, 5.41) is 10.2. The third-order valence-electron chi connectivity index (χ3n) is 3.45. The van der Waals surface area contributed by atoms with Crippen LogP contribution >= 0.6 is 0 Å². The van der Waals surface area contributed by atoms with Crippen molar-refractivity contribution in [2.24, 2.45) is 5.73 Å². The lowest BCUT2D eigenvalue weighted by Gasteiger charge is -2.32. The molecule has 1 aliphatic rings. The van der Waals surface area contributed by atoms with E-state index in [1.54, 1.807) is 7.11 Å². The predicted octanol–water partition coefficient (Wildman–Crippen LogP) is 1.15. The van der Waals surface area contributed by atoms with E-state index in [1.807, 2.05) is 24.3 Å². The van der Waals surface area contributed by atoms with Crippen LogP contribution < -0.4 is 10.5 Å². The van der Waals surface area contributed by atoms with E-state index in [0.29, 0.717) is 6.54 Å². The van der Waals surface area contributed by atoms with Gasteiger partial charge in [-0.25, -0.2) is 0 Å². The van der Waals surface area contributed by atoms with Gasteiger partial charge in [0, 0.05) is 19.1 Å². The van der Waals surface area contributed by atoms with E-state index in [1.165, 1.54) is 0 Å². The van der Waals surface area contributed by atoms with Crippen LogP contribution in [0.3, 0.4) is 0 Å². The standard InChI is InChI=1S/C14H22N2O2/c1-18-13-6-2-4-11(8-13)14(17)10-16-7-3-5-12(15)9-16/h2,4,6,8,12,14,17H,3,5,7,9-10,15H2,1H3/t12-,14?/m1/s1. The zero-order valence-electron chi connectivity index (χ0n) is 10.9. The fraction of sp³-hybridized carbons (Fsp3) is 0.571. The summed E-state index contributed by atoms with van der Waals surface area (Å²) < 4.78 is 5.17. The first-order chi connectivity index (χ1) is 8.69. The van der Waals surface area contributed by atoms with Crippen molar-refractivity contribution in [3.05, 3.63) is 29.8 Å². The highest BCUT2D eigenvalue weighted by atomic mass is 16.5. The van der Waals surface area contributed by atoms with Crippen LogP contribution in [0.5, 0.6) is 5.75 Å². The van der Waals surface area contributed by atoms with Gasteiger partial charge in [-0.1, -0.05) is 12.1 Å². The molecule has 1 saturated heterocycles. The third kappa shape index (κ3) is 3.45. The van der Waals surface area contributed by atoms with Crippen molar-refractivity contribution >= 4 is 0 Å². The van der Waals surface area contributed by atoms with Crippen LogP contribution in [-0.4, -0.2) is 42.8 Å². The van der Waals surface area contributed by atoms with Crippen molar-refractivity contribution in [1.82, 2.24) is 4.90 Å². The number of aliphatic hydroxyl groups excluding tert-OH is 1. The maximum absolute atomic E-state index is 10.2. The van der Waals surface area contributed by atoms with Gasteiger partial charge >= 0.3 is 0 Å². The van der Waals surface area contributed by atoms with Crippen LogP contribution in [0.15, 0.2) is 24.3 Å². The molecular weight excluding hydrogens is 228 g/mol. The van der Waals surface area contributed by atoms with Gasteiger partial charge in [-0.15, -0.1) is 0 Å². The van der Waals surface area contributed by atoms with Crippen LogP contribution in [0.2, 0.25) is 0 Å². The fourth-order valence-electron chi connectivity index (χ4n) is 2.46. The third-order valence-corrected chi connectivity index (χ3v) is 3.45. The van der Waals surface area contributed by atoms with Crippen molar-refractivity contribution in [3.63, 3.8) is 0 Å². The van der Waals surface area contributed by atoms with E-state index < -0.39 is 6.10 Å². The molecule has 1 heterocycles. The second-order valence-electron chi connectivity index (χ2n) is 4.95. The van der Waals surface area contributed by atoms with E-state index in [0.717, 1.165) is 37.2 Å². The number of rotatable bonds is 4. The normalized spacial score (nSPS) is 22.7. The zero-order valence-corrected chi connectivity index (χ0v) is 10.9.